The molecule has 0 aromatic heterocycles. The predicted molar refractivity (Wildman–Crippen MR) is 47.3 cm³/mol. The number of aliphatic hydroxyl groups excluding tert-OH is 1. The van der Waals surface area contributed by atoms with Crippen LogP contribution < -0.4 is 0 Å². The second-order valence-corrected chi connectivity index (χ2v) is 4.26. The van der Waals surface area contributed by atoms with Gasteiger partial charge in [-0.2, -0.15) is 13.2 Å². The maximum Gasteiger partial charge on any atom is 0.416 e. The molecule has 80 valence electrons. The number of aliphatic hydroxyl groups is 1. The molecule has 0 amide bonds. The van der Waals surface area contributed by atoms with Crippen molar-refractivity contribution in [3.8, 4) is 0 Å². The lowest BCUT2D eigenvalue weighted by Crippen LogP contribution is -2.09. The van der Waals surface area contributed by atoms with Crippen LogP contribution >= 0.6 is 0 Å². The predicted octanol–water partition coefficient (Wildman–Crippen LogP) is 2.86. The fourth-order valence-corrected chi connectivity index (χ4v) is 2.63. The van der Waals surface area contributed by atoms with Crippen LogP contribution in [0.25, 0.3) is 0 Å². The molecule has 2 aliphatic rings. The maximum atomic E-state index is 12.7. The smallest absolute Gasteiger partial charge is 0.388 e. The third kappa shape index (κ3) is 1.14. The summed E-state index contributed by atoms with van der Waals surface area (Å²) in [5.74, 6) is -0.0312. The first-order valence-electron chi connectivity index (χ1n) is 4.88. The Labute approximate surface area is 84.5 Å². The molecule has 1 N–H and O–H groups in total. The summed E-state index contributed by atoms with van der Waals surface area (Å²) in [7, 11) is 0. The average molecular weight is 214 g/mol. The number of fused-ring (bicyclic) bond motifs is 3. The first-order valence-corrected chi connectivity index (χ1v) is 4.88. The molecular weight excluding hydrogens is 205 g/mol. The van der Waals surface area contributed by atoms with Crippen molar-refractivity contribution in [1.29, 1.82) is 0 Å². The summed E-state index contributed by atoms with van der Waals surface area (Å²) in [5, 5.41) is 9.71. The first kappa shape index (κ1) is 9.21. The van der Waals surface area contributed by atoms with E-state index in [0.717, 1.165) is 6.07 Å². The van der Waals surface area contributed by atoms with Crippen molar-refractivity contribution < 1.29 is 18.3 Å². The summed E-state index contributed by atoms with van der Waals surface area (Å²) in [6, 6.07) is 4.07. The average Bonchev–Trinajstić information content (AvgIpc) is 2.89. The number of hydrogen-bond acceptors (Lipinski definition) is 1. The van der Waals surface area contributed by atoms with Crippen LogP contribution in [0.4, 0.5) is 13.2 Å². The molecule has 0 heterocycles. The fourth-order valence-electron chi connectivity index (χ4n) is 2.63. The SMILES string of the molecule is O[C@@H]1c2cccc(C(F)(F)F)c2C2CC21. The normalized spacial score (nSPS) is 32.4. The molecule has 1 fully saturated rings. The second-order valence-electron chi connectivity index (χ2n) is 4.26. The minimum absolute atomic E-state index is 0.0310. The van der Waals surface area contributed by atoms with Gasteiger partial charge in [0.25, 0.3) is 0 Å². The van der Waals surface area contributed by atoms with Crippen LogP contribution in [0.5, 0.6) is 0 Å². The Morgan fingerprint density at radius 2 is 2.00 bits per heavy atom. The lowest BCUT2D eigenvalue weighted by Gasteiger charge is -2.14. The minimum atomic E-state index is -4.30. The van der Waals surface area contributed by atoms with Gasteiger partial charge in [-0.25, -0.2) is 0 Å². The van der Waals surface area contributed by atoms with E-state index >= 15 is 0 Å². The molecule has 1 saturated carbocycles. The Morgan fingerprint density at radius 1 is 1.27 bits per heavy atom. The molecule has 0 saturated heterocycles. The summed E-state index contributed by atoms with van der Waals surface area (Å²) in [6.45, 7) is 0. The van der Waals surface area contributed by atoms with Crippen molar-refractivity contribution >= 4 is 0 Å². The lowest BCUT2D eigenvalue weighted by molar-refractivity contribution is -0.138. The van der Waals surface area contributed by atoms with Gasteiger partial charge in [0.2, 0.25) is 0 Å². The van der Waals surface area contributed by atoms with Crippen LogP contribution in [0.3, 0.4) is 0 Å². The van der Waals surface area contributed by atoms with Crippen LogP contribution in [0.1, 0.15) is 35.1 Å². The third-order valence-corrected chi connectivity index (χ3v) is 3.38. The van der Waals surface area contributed by atoms with Crippen LogP contribution in [-0.2, 0) is 6.18 Å². The molecular formula is C11H9F3O. The largest absolute Gasteiger partial charge is 0.416 e. The van der Waals surface area contributed by atoms with Crippen LogP contribution in [-0.4, -0.2) is 5.11 Å². The van der Waals surface area contributed by atoms with Crippen molar-refractivity contribution in [2.24, 2.45) is 5.92 Å². The fraction of sp³-hybridized carbons (Fsp3) is 0.455. The molecule has 0 radical (unpaired) electrons. The van der Waals surface area contributed by atoms with Gasteiger partial charge in [0.05, 0.1) is 11.7 Å². The monoisotopic (exact) mass is 214 g/mol. The van der Waals surface area contributed by atoms with E-state index in [4.69, 9.17) is 0 Å². The molecule has 0 spiro atoms. The van der Waals surface area contributed by atoms with Gasteiger partial charge in [0.1, 0.15) is 0 Å². The van der Waals surface area contributed by atoms with Crippen molar-refractivity contribution in [3.05, 3.63) is 34.9 Å². The Hall–Kier alpha value is -1.03. The van der Waals surface area contributed by atoms with Crippen LogP contribution in [0.15, 0.2) is 18.2 Å². The Morgan fingerprint density at radius 3 is 2.67 bits per heavy atom. The zero-order valence-corrected chi connectivity index (χ0v) is 7.75. The first-order chi connectivity index (χ1) is 7.00. The van der Waals surface area contributed by atoms with Crippen molar-refractivity contribution in [2.75, 3.05) is 0 Å². The van der Waals surface area contributed by atoms with Crippen molar-refractivity contribution in [2.45, 2.75) is 24.6 Å². The van der Waals surface area contributed by atoms with Crippen LogP contribution in [0, 0.1) is 5.92 Å². The van der Waals surface area contributed by atoms with E-state index in [0.29, 0.717) is 17.5 Å². The van der Waals surface area contributed by atoms with E-state index < -0.39 is 17.8 Å². The molecule has 3 rings (SSSR count). The molecule has 2 unspecified atom stereocenters. The highest BCUT2D eigenvalue weighted by Crippen LogP contribution is 2.63. The van der Waals surface area contributed by atoms with Gasteiger partial charge in [0, 0.05) is 0 Å². The van der Waals surface area contributed by atoms with Gasteiger partial charge < -0.3 is 5.11 Å². The maximum absolute atomic E-state index is 12.7. The van der Waals surface area contributed by atoms with Gasteiger partial charge in [0.15, 0.2) is 0 Å². The Balaban J connectivity index is 2.20. The number of rotatable bonds is 0. The zero-order valence-electron chi connectivity index (χ0n) is 7.75. The van der Waals surface area contributed by atoms with E-state index in [9.17, 15) is 18.3 Å². The Kier molecular flexibility index (Phi) is 1.57. The van der Waals surface area contributed by atoms with E-state index in [1.807, 2.05) is 0 Å². The van der Waals surface area contributed by atoms with Gasteiger partial charge in [-0.05, 0) is 35.4 Å². The standard InChI is InChI=1S/C11H9F3O/c12-11(13,14)8-3-1-2-5-9(8)6-4-7(6)10(5)15/h1-3,6-7,10,15H,4H2/t6?,7?,10-/m1/s1. The molecule has 0 aliphatic heterocycles. The molecule has 0 bridgehead atoms. The molecule has 3 atom stereocenters. The van der Waals surface area contributed by atoms with Gasteiger partial charge in [-0.1, -0.05) is 12.1 Å². The van der Waals surface area contributed by atoms with E-state index in [2.05, 4.69) is 0 Å². The summed E-state index contributed by atoms with van der Waals surface area (Å²) in [4.78, 5) is 0. The number of hydrogen-bond donors (Lipinski definition) is 1. The third-order valence-electron chi connectivity index (χ3n) is 3.38. The highest BCUT2D eigenvalue weighted by Gasteiger charge is 2.54. The zero-order chi connectivity index (χ0) is 10.8. The summed E-state index contributed by atoms with van der Waals surface area (Å²) >= 11 is 0. The van der Waals surface area contributed by atoms with Gasteiger partial charge >= 0.3 is 6.18 Å². The summed E-state index contributed by atoms with van der Waals surface area (Å²) in [6.07, 6.45) is -4.30. The second kappa shape index (κ2) is 2.55. The molecule has 1 nitrogen and oxygen atoms in total. The van der Waals surface area contributed by atoms with Crippen LogP contribution in [0.2, 0.25) is 0 Å². The molecule has 1 aromatic rings. The number of alkyl halides is 3. The van der Waals surface area contributed by atoms with Crippen molar-refractivity contribution in [1.82, 2.24) is 0 Å². The molecule has 4 heteroatoms. The molecule has 15 heavy (non-hydrogen) atoms. The lowest BCUT2D eigenvalue weighted by atomic mass is 9.98. The quantitative estimate of drug-likeness (QED) is 0.704. The molecule has 1 aromatic carbocycles. The van der Waals surface area contributed by atoms with E-state index in [1.165, 1.54) is 6.07 Å². The van der Waals surface area contributed by atoms with E-state index in [1.54, 1.807) is 6.07 Å². The highest BCUT2D eigenvalue weighted by molar-refractivity contribution is 5.49. The number of benzene rings is 1. The highest BCUT2D eigenvalue weighted by atomic mass is 19.4. The summed E-state index contributed by atoms with van der Waals surface area (Å²) < 4.78 is 38.0. The molecule has 2 aliphatic carbocycles. The van der Waals surface area contributed by atoms with Gasteiger partial charge in [-0.3, -0.25) is 0 Å². The summed E-state index contributed by atoms with van der Waals surface area (Å²) in [5.41, 5.74) is 0.248. The van der Waals surface area contributed by atoms with Crippen molar-refractivity contribution in [3.63, 3.8) is 0 Å². The topological polar surface area (TPSA) is 20.2 Å². The van der Waals surface area contributed by atoms with E-state index in [-0.39, 0.29) is 11.8 Å². The minimum Gasteiger partial charge on any atom is -0.388 e. The van der Waals surface area contributed by atoms with Gasteiger partial charge in [-0.15, -0.1) is 0 Å². The number of halogens is 3. The Bertz CT molecular complexity index is 424.